The zero-order valence-corrected chi connectivity index (χ0v) is 11.9. The third-order valence-corrected chi connectivity index (χ3v) is 3.34. The van der Waals surface area contributed by atoms with Crippen molar-refractivity contribution in [3.8, 4) is 5.75 Å². The Morgan fingerprint density at radius 3 is 2.35 bits per heavy atom. The molecule has 1 aromatic rings. The molecule has 0 unspecified atom stereocenters. The van der Waals surface area contributed by atoms with Gasteiger partial charge in [0.1, 0.15) is 11.3 Å². The number of rotatable bonds is 4. The number of aromatic hydroxyl groups is 1. The number of phenols is 1. The molecule has 1 rings (SSSR count). The van der Waals surface area contributed by atoms with Crippen LogP contribution in [0.3, 0.4) is 0 Å². The number of carboxylic acid groups (broad SMARTS) is 1. The minimum atomic E-state index is -1.25. The molecule has 1 atom stereocenters. The largest absolute Gasteiger partial charge is 0.507 e. The summed E-state index contributed by atoms with van der Waals surface area (Å²) in [4.78, 5) is 22.9. The predicted molar refractivity (Wildman–Crippen MR) is 72.5 cm³/mol. The highest BCUT2D eigenvalue weighted by Gasteiger charge is 2.38. The van der Waals surface area contributed by atoms with Crippen molar-refractivity contribution in [1.82, 2.24) is 0 Å². The van der Waals surface area contributed by atoms with Gasteiger partial charge in [0.25, 0.3) is 0 Å². The summed E-state index contributed by atoms with van der Waals surface area (Å²) in [5.74, 6) is -2.22. The lowest BCUT2D eigenvalue weighted by Crippen LogP contribution is -2.37. The smallest absolute Gasteiger partial charge is 0.339 e. The summed E-state index contributed by atoms with van der Waals surface area (Å²) < 4.78 is 4.69. The Kier molecular flexibility index (Phi) is 4.39. The Morgan fingerprint density at radius 2 is 1.90 bits per heavy atom. The van der Waals surface area contributed by atoms with Crippen LogP contribution in [0.15, 0.2) is 12.1 Å². The van der Waals surface area contributed by atoms with Gasteiger partial charge in [-0.2, -0.15) is 0 Å². The number of hydrogen-bond donors (Lipinski definition) is 3. The van der Waals surface area contributed by atoms with E-state index in [1.807, 2.05) is 0 Å². The third-order valence-electron chi connectivity index (χ3n) is 3.34. The first kappa shape index (κ1) is 16.0. The van der Waals surface area contributed by atoms with E-state index in [0.717, 1.165) is 0 Å². The molecule has 0 saturated heterocycles. The van der Waals surface area contributed by atoms with Crippen molar-refractivity contribution in [1.29, 1.82) is 0 Å². The maximum absolute atomic E-state index is 11.8. The van der Waals surface area contributed by atoms with Crippen LogP contribution in [0.5, 0.6) is 5.75 Å². The van der Waals surface area contributed by atoms with E-state index >= 15 is 0 Å². The number of aryl methyl sites for hydroxylation is 1. The van der Waals surface area contributed by atoms with Gasteiger partial charge in [0.2, 0.25) is 0 Å². The summed E-state index contributed by atoms with van der Waals surface area (Å²) in [6.45, 7) is 4.84. The Bertz CT molecular complexity index is 551. The molecule has 0 aromatic heterocycles. The van der Waals surface area contributed by atoms with Crippen LogP contribution < -0.4 is 5.73 Å². The van der Waals surface area contributed by atoms with Crippen LogP contribution in [-0.4, -0.2) is 29.3 Å². The molecule has 6 heteroatoms. The summed E-state index contributed by atoms with van der Waals surface area (Å²) in [5.41, 5.74) is 5.53. The summed E-state index contributed by atoms with van der Waals surface area (Å²) in [5, 5.41) is 19.1. The molecule has 0 radical (unpaired) electrons. The second kappa shape index (κ2) is 5.50. The maximum Gasteiger partial charge on any atom is 0.339 e. The second-order valence-corrected chi connectivity index (χ2v) is 5.25. The number of carboxylic acids is 1. The van der Waals surface area contributed by atoms with E-state index in [9.17, 15) is 14.7 Å². The Balaban J connectivity index is 3.40. The number of nitrogens with two attached hydrogens (primary N) is 1. The Morgan fingerprint density at radius 1 is 1.35 bits per heavy atom. The zero-order valence-electron chi connectivity index (χ0n) is 11.9. The number of aromatic carboxylic acids is 1. The van der Waals surface area contributed by atoms with Gasteiger partial charge in [0.05, 0.1) is 12.5 Å². The van der Waals surface area contributed by atoms with E-state index < -0.39 is 29.1 Å². The van der Waals surface area contributed by atoms with Gasteiger partial charge in [-0.1, -0.05) is 6.07 Å². The number of hydrogen-bond acceptors (Lipinski definition) is 5. The quantitative estimate of drug-likeness (QED) is 0.723. The van der Waals surface area contributed by atoms with Gasteiger partial charge in [0.15, 0.2) is 0 Å². The lowest BCUT2D eigenvalue weighted by Gasteiger charge is -2.29. The molecule has 1 aromatic carbocycles. The van der Waals surface area contributed by atoms with Crippen molar-refractivity contribution in [3.63, 3.8) is 0 Å². The summed E-state index contributed by atoms with van der Waals surface area (Å²) in [7, 11) is 1.25. The van der Waals surface area contributed by atoms with E-state index in [2.05, 4.69) is 4.74 Å². The van der Waals surface area contributed by atoms with E-state index in [1.165, 1.54) is 13.2 Å². The first-order valence-corrected chi connectivity index (χ1v) is 6.03. The van der Waals surface area contributed by atoms with Crippen molar-refractivity contribution in [2.45, 2.75) is 26.8 Å². The lowest BCUT2D eigenvalue weighted by atomic mass is 9.80. The van der Waals surface area contributed by atoms with Crippen LogP contribution in [0.2, 0.25) is 0 Å². The number of benzene rings is 1. The monoisotopic (exact) mass is 281 g/mol. The number of carbonyl (C=O) groups is 2. The molecule has 20 heavy (non-hydrogen) atoms. The molecule has 6 nitrogen and oxygen atoms in total. The summed E-state index contributed by atoms with van der Waals surface area (Å²) >= 11 is 0. The number of esters is 1. The Hall–Kier alpha value is -2.08. The topological polar surface area (TPSA) is 110 Å². The standard InChI is InChI=1S/C14H19NO5/c1-7-5-8(10(16)9(6-7)12(17)18)11(15)14(2,3)13(19)20-4/h5-6,11,16H,15H2,1-4H3,(H,17,18)/t11-/m1/s1. The first-order valence-electron chi connectivity index (χ1n) is 6.03. The SMILES string of the molecule is COC(=O)C(C)(C)[C@H](N)c1cc(C)cc(C(=O)O)c1O. The fraction of sp³-hybridized carbons (Fsp3) is 0.429. The molecule has 4 N–H and O–H groups in total. The number of ether oxygens (including phenoxy) is 1. The minimum Gasteiger partial charge on any atom is -0.507 e. The van der Waals surface area contributed by atoms with Crippen molar-refractivity contribution >= 4 is 11.9 Å². The number of carbonyl (C=O) groups excluding carboxylic acids is 1. The molecule has 0 aliphatic rings. The molecule has 0 fully saturated rings. The fourth-order valence-corrected chi connectivity index (χ4v) is 1.99. The molecule has 0 aliphatic heterocycles. The molecule has 110 valence electrons. The van der Waals surface area contributed by atoms with Gasteiger partial charge in [0, 0.05) is 11.6 Å². The molecular formula is C14H19NO5. The van der Waals surface area contributed by atoms with Crippen LogP contribution in [0.4, 0.5) is 0 Å². The third kappa shape index (κ3) is 2.75. The highest BCUT2D eigenvalue weighted by Crippen LogP contribution is 2.38. The molecule has 0 bridgehead atoms. The van der Waals surface area contributed by atoms with Gasteiger partial charge in [-0.3, -0.25) is 4.79 Å². The van der Waals surface area contributed by atoms with Crippen LogP contribution in [0.25, 0.3) is 0 Å². The first-order chi connectivity index (χ1) is 9.12. The van der Waals surface area contributed by atoms with Gasteiger partial charge in [-0.15, -0.1) is 0 Å². The van der Waals surface area contributed by atoms with E-state index in [1.54, 1.807) is 26.8 Å². The van der Waals surface area contributed by atoms with E-state index in [-0.39, 0.29) is 11.1 Å². The summed E-state index contributed by atoms with van der Waals surface area (Å²) in [6.07, 6.45) is 0. The average Bonchev–Trinajstić information content (AvgIpc) is 2.38. The molecule has 0 spiro atoms. The van der Waals surface area contributed by atoms with Gasteiger partial charge in [-0.05, 0) is 32.4 Å². The van der Waals surface area contributed by atoms with Crippen LogP contribution in [0.1, 0.15) is 41.4 Å². The van der Waals surface area contributed by atoms with E-state index in [4.69, 9.17) is 10.8 Å². The van der Waals surface area contributed by atoms with Crippen LogP contribution in [-0.2, 0) is 9.53 Å². The van der Waals surface area contributed by atoms with Crippen LogP contribution >= 0.6 is 0 Å². The van der Waals surface area contributed by atoms with Crippen molar-refractivity contribution < 1.29 is 24.5 Å². The molecular weight excluding hydrogens is 262 g/mol. The predicted octanol–water partition coefficient (Wildman–Crippen LogP) is 1.60. The highest BCUT2D eigenvalue weighted by atomic mass is 16.5. The summed E-state index contributed by atoms with van der Waals surface area (Å²) in [6, 6.07) is 2.02. The zero-order chi connectivity index (χ0) is 15.7. The number of methoxy groups -OCH3 is 1. The average molecular weight is 281 g/mol. The van der Waals surface area contributed by atoms with Gasteiger partial charge < -0.3 is 20.7 Å². The van der Waals surface area contributed by atoms with Crippen LogP contribution in [0, 0.1) is 12.3 Å². The molecule has 0 saturated carbocycles. The highest BCUT2D eigenvalue weighted by molar-refractivity contribution is 5.91. The van der Waals surface area contributed by atoms with E-state index in [0.29, 0.717) is 5.56 Å². The molecule has 0 aliphatic carbocycles. The van der Waals surface area contributed by atoms with Gasteiger partial charge >= 0.3 is 11.9 Å². The molecule has 0 heterocycles. The van der Waals surface area contributed by atoms with Crippen molar-refractivity contribution in [3.05, 3.63) is 28.8 Å². The van der Waals surface area contributed by atoms with Crippen molar-refractivity contribution in [2.75, 3.05) is 7.11 Å². The molecule has 0 amide bonds. The fourth-order valence-electron chi connectivity index (χ4n) is 1.99. The maximum atomic E-state index is 11.8. The lowest BCUT2D eigenvalue weighted by molar-refractivity contribution is -0.152. The van der Waals surface area contributed by atoms with Crippen molar-refractivity contribution in [2.24, 2.45) is 11.1 Å². The van der Waals surface area contributed by atoms with Gasteiger partial charge in [-0.25, -0.2) is 4.79 Å². The minimum absolute atomic E-state index is 0.206. The normalized spacial score (nSPS) is 12.8. The second-order valence-electron chi connectivity index (χ2n) is 5.25. The Labute approximate surface area is 117 Å².